The third-order valence-electron chi connectivity index (χ3n) is 4.55. The minimum Gasteiger partial charge on any atom is -0.505 e. The average Bonchev–Trinajstić information content (AvgIpc) is 2.93. The van der Waals surface area contributed by atoms with Crippen molar-refractivity contribution in [1.29, 1.82) is 0 Å². The Morgan fingerprint density at radius 2 is 1.73 bits per heavy atom. The van der Waals surface area contributed by atoms with E-state index in [1.54, 1.807) is 0 Å². The number of carbonyl (C=O) groups is 3. The van der Waals surface area contributed by atoms with Crippen LogP contribution in [-0.4, -0.2) is 39.1 Å². The van der Waals surface area contributed by atoms with Crippen LogP contribution >= 0.6 is 0 Å². The minimum atomic E-state index is -1.25. The van der Waals surface area contributed by atoms with Crippen LogP contribution in [0.5, 0.6) is 5.75 Å². The third kappa shape index (κ3) is 3.84. The van der Waals surface area contributed by atoms with Gasteiger partial charge < -0.3 is 15.5 Å². The minimum absolute atomic E-state index is 0.00133. The fraction of sp³-hybridized carbons (Fsp3) is 0.150. The maximum Gasteiger partial charge on any atom is 0.322 e. The van der Waals surface area contributed by atoms with E-state index in [0.29, 0.717) is 6.07 Å². The smallest absolute Gasteiger partial charge is 0.322 e. The predicted octanol–water partition coefficient (Wildman–Crippen LogP) is 2.50. The van der Waals surface area contributed by atoms with Crippen molar-refractivity contribution in [2.75, 3.05) is 6.54 Å². The van der Waals surface area contributed by atoms with E-state index in [4.69, 9.17) is 5.11 Å². The van der Waals surface area contributed by atoms with Crippen LogP contribution in [0.25, 0.3) is 10.9 Å². The van der Waals surface area contributed by atoms with Crippen LogP contribution in [0.15, 0.2) is 30.3 Å². The summed E-state index contributed by atoms with van der Waals surface area (Å²) in [4.78, 5) is 35.7. The van der Waals surface area contributed by atoms with Crippen molar-refractivity contribution in [2.24, 2.45) is 0 Å². The number of aromatic nitrogens is 1. The monoisotopic (exact) mass is 420 g/mol. The number of amides is 1. The lowest BCUT2D eigenvalue weighted by molar-refractivity contribution is -0.137. The molecule has 1 heterocycles. The number of hydrogen-bond donors (Lipinski definition) is 3. The second-order valence-electron chi connectivity index (χ2n) is 6.50. The van der Waals surface area contributed by atoms with Crippen LogP contribution in [-0.2, 0) is 16.0 Å². The number of phenols is 1. The molecule has 0 aliphatic heterocycles. The molecule has 156 valence electrons. The van der Waals surface area contributed by atoms with Crippen LogP contribution in [0.3, 0.4) is 0 Å². The van der Waals surface area contributed by atoms with Crippen molar-refractivity contribution < 1.29 is 37.8 Å². The molecule has 0 unspecified atom stereocenters. The van der Waals surface area contributed by atoms with Crippen LogP contribution in [0.4, 0.5) is 13.2 Å². The largest absolute Gasteiger partial charge is 0.505 e. The first-order valence-corrected chi connectivity index (χ1v) is 8.60. The third-order valence-corrected chi connectivity index (χ3v) is 4.55. The average molecular weight is 420 g/mol. The van der Waals surface area contributed by atoms with Crippen LogP contribution in [0.2, 0.25) is 0 Å². The summed E-state index contributed by atoms with van der Waals surface area (Å²) >= 11 is 0. The van der Waals surface area contributed by atoms with Crippen LogP contribution in [0, 0.1) is 24.4 Å². The maximum absolute atomic E-state index is 14.0. The molecular weight excluding hydrogens is 405 g/mol. The molecule has 0 aliphatic rings. The summed E-state index contributed by atoms with van der Waals surface area (Å²) in [5.74, 6) is -6.87. The zero-order valence-corrected chi connectivity index (χ0v) is 15.5. The number of aromatic hydroxyl groups is 1. The number of nitrogens with zero attached hydrogens (tertiary/aromatic N) is 1. The number of carboxylic acid groups (broad SMARTS) is 1. The fourth-order valence-electron chi connectivity index (χ4n) is 3.13. The van der Waals surface area contributed by atoms with E-state index in [1.807, 2.05) is 0 Å². The normalized spacial score (nSPS) is 10.9. The quantitative estimate of drug-likeness (QED) is 0.588. The molecule has 0 radical (unpaired) electrons. The number of carboxylic acids is 1. The van der Waals surface area contributed by atoms with Gasteiger partial charge in [-0.05, 0) is 36.8 Å². The molecule has 0 fully saturated rings. The number of phenolic OH excluding ortho intramolecular Hbond substituents is 1. The molecule has 2 aromatic carbocycles. The fourth-order valence-corrected chi connectivity index (χ4v) is 3.13. The van der Waals surface area contributed by atoms with Crippen molar-refractivity contribution in [2.45, 2.75) is 13.3 Å². The summed E-state index contributed by atoms with van der Waals surface area (Å²) in [5.41, 5.74) is 0.206. The van der Waals surface area contributed by atoms with Gasteiger partial charge in [-0.3, -0.25) is 19.0 Å². The van der Waals surface area contributed by atoms with E-state index in [1.165, 1.54) is 6.92 Å². The van der Waals surface area contributed by atoms with E-state index in [0.717, 1.165) is 28.8 Å². The lowest BCUT2D eigenvalue weighted by Gasteiger charge is -2.08. The number of fused-ring (bicyclic) bond motifs is 1. The first-order valence-electron chi connectivity index (χ1n) is 8.60. The number of rotatable bonds is 5. The van der Waals surface area contributed by atoms with E-state index in [2.05, 4.69) is 5.32 Å². The summed E-state index contributed by atoms with van der Waals surface area (Å²) in [6.07, 6.45) is -0.362. The first kappa shape index (κ1) is 20.9. The van der Waals surface area contributed by atoms with Gasteiger partial charge in [-0.2, -0.15) is 0 Å². The topological polar surface area (TPSA) is 109 Å². The number of aliphatic carboxylic acids is 1. The first-order chi connectivity index (χ1) is 14.1. The Balaban J connectivity index is 2.14. The van der Waals surface area contributed by atoms with Gasteiger partial charge in [0.25, 0.3) is 5.91 Å². The Bertz CT molecular complexity index is 1200. The Morgan fingerprint density at radius 1 is 1.03 bits per heavy atom. The maximum atomic E-state index is 14.0. The second kappa shape index (κ2) is 7.90. The van der Waals surface area contributed by atoms with Gasteiger partial charge in [-0.25, -0.2) is 13.2 Å². The molecule has 0 atom stereocenters. The summed E-state index contributed by atoms with van der Waals surface area (Å²) in [5, 5.41) is 20.8. The molecule has 0 aliphatic carbocycles. The summed E-state index contributed by atoms with van der Waals surface area (Å²) in [6, 6.07) is 4.44. The highest BCUT2D eigenvalue weighted by atomic mass is 19.2. The Kier molecular flexibility index (Phi) is 5.50. The zero-order chi connectivity index (χ0) is 22.2. The molecule has 3 aromatic rings. The van der Waals surface area contributed by atoms with Crippen molar-refractivity contribution in [1.82, 2.24) is 9.88 Å². The van der Waals surface area contributed by atoms with Gasteiger partial charge in [0, 0.05) is 22.7 Å². The number of carbonyl (C=O) groups excluding carboxylic acids is 2. The molecule has 0 spiro atoms. The lowest BCUT2D eigenvalue weighted by Crippen LogP contribution is -2.30. The van der Waals surface area contributed by atoms with Crippen molar-refractivity contribution >= 4 is 28.7 Å². The Morgan fingerprint density at radius 3 is 2.37 bits per heavy atom. The predicted molar refractivity (Wildman–Crippen MR) is 98.7 cm³/mol. The van der Waals surface area contributed by atoms with Crippen LogP contribution < -0.4 is 5.32 Å². The molecule has 0 saturated heterocycles. The Hall–Kier alpha value is -3.82. The second-order valence-corrected chi connectivity index (χ2v) is 6.50. The van der Waals surface area contributed by atoms with E-state index in [-0.39, 0.29) is 34.1 Å². The number of halogens is 3. The van der Waals surface area contributed by atoms with E-state index >= 15 is 0 Å². The highest BCUT2D eigenvalue weighted by Crippen LogP contribution is 2.32. The molecule has 1 aromatic heterocycles. The molecular formula is C20H15F3N2O5. The van der Waals surface area contributed by atoms with Gasteiger partial charge in [0.05, 0.1) is 11.9 Å². The van der Waals surface area contributed by atoms with Gasteiger partial charge >= 0.3 is 5.97 Å². The summed E-state index contributed by atoms with van der Waals surface area (Å²) in [7, 11) is 0. The summed E-state index contributed by atoms with van der Waals surface area (Å²) in [6.45, 7) is 0.830. The summed E-state index contributed by atoms with van der Waals surface area (Å²) < 4.78 is 41.8. The van der Waals surface area contributed by atoms with Crippen molar-refractivity contribution in [3.05, 3.63) is 64.6 Å². The number of hydrogen-bond acceptors (Lipinski definition) is 4. The van der Waals surface area contributed by atoms with Gasteiger partial charge in [0.1, 0.15) is 6.54 Å². The van der Waals surface area contributed by atoms with Crippen LogP contribution in [0.1, 0.15) is 21.6 Å². The highest BCUT2D eigenvalue weighted by Gasteiger charge is 2.24. The van der Waals surface area contributed by atoms with Gasteiger partial charge in [0.15, 0.2) is 23.2 Å². The molecule has 30 heavy (non-hydrogen) atoms. The van der Waals surface area contributed by atoms with E-state index < -0.39 is 47.5 Å². The zero-order valence-electron chi connectivity index (χ0n) is 15.5. The number of benzene rings is 2. The molecule has 10 heteroatoms. The lowest BCUT2D eigenvalue weighted by atomic mass is 10.1. The van der Waals surface area contributed by atoms with E-state index in [9.17, 15) is 32.7 Å². The molecule has 3 N–H and O–H groups in total. The standard InChI is InChI=1S/C20H15F3N2O5/c1-9-11(6-18(27)24-8-19(28)29)12-5-17(26)15(23)7-16(12)25(9)20(30)10-2-3-13(21)14(22)4-10/h2-5,7,26H,6,8H2,1H3,(H,24,27)(H,28,29). The SMILES string of the molecule is Cc1c(CC(=O)NCC(=O)O)c2cc(O)c(F)cc2n1C(=O)c1ccc(F)c(F)c1. The molecule has 0 saturated carbocycles. The highest BCUT2D eigenvalue weighted by molar-refractivity contribution is 6.05. The molecule has 3 rings (SSSR count). The van der Waals surface area contributed by atoms with Crippen molar-refractivity contribution in [3.8, 4) is 5.75 Å². The molecule has 0 bridgehead atoms. The van der Waals surface area contributed by atoms with Crippen molar-refractivity contribution in [3.63, 3.8) is 0 Å². The van der Waals surface area contributed by atoms with Gasteiger partial charge in [-0.1, -0.05) is 0 Å². The molecule has 1 amide bonds. The number of nitrogens with one attached hydrogen (secondary N) is 1. The van der Waals surface area contributed by atoms with Gasteiger partial charge in [-0.15, -0.1) is 0 Å². The van der Waals surface area contributed by atoms with Gasteiger partial charge in [0.2, 0.25) is 5.91 Å². The Labute approximate surface area is 167 Å². The molecule has 7 nitrogen and oxygen atoms in total.